The minimum Gasteiger partial charge on any atom is -0.461 e. The van der Waals surface area contributed by atoms with Gasteiger partial charge in [0.1, 0.15) is 37.1 Å². The van der Waals surface area contributed by atoms with Gasteiger partial charge in [0.25, 0.3) is 0 Å². The monoisotopic (exact) mass is 818 g/mol. The summed E-state index contributed by atoms with van der Waals surface area (Å²) in [5, 5.41) is 1.38. The number of benzene rings is 4. The number of H-pyrrole nitrogens is 2. The lowest BCUT2D eigenvalue weighted by Crippen LogP contribution is -2.38. The van der Waals surface area contributed by atoms with Gasteiger partial charge >= 0.3 is 24.1 Å². The number of fused-ring (bicyclic) bond motifs is 2. The zero-order valence-corrected chi connectivity index (χ0v) is 33.1. The predicted molar refractivity (Wildman–Crippen MR) is 217 cm³/mol. The molecule has 4 heterocycles. The molecule has 8 rings (SSSR count). The summed E-state index contributed by atoms with van der Waals surface area (Å²) in [4.78, 5) is 61.7. The van der Waals surface area contributed by atoms with Crippen LogP contribution in [0.4, 0.5) is 18.4 Å². The van der Waals surface area contributed by atoms with Crippen LogP contribution in [0.3, 0.4) is 0 Å². The van der Waals surface area contributed by atoms with Crippen molar-refractivity contribution in [2.75, 3.05) is 13.1 Å². The van der Waals surface area contributed by atoms with Crippen molar-refractivity contribution in [3.63, 3.8) is 0 Å². The summed E-state index contributed by atoms with van der Waals surface area (Å²) in [6, 6.07) is 26.4. The summed E-state index contributed by atoms with van der Waals surface area (Å²) in [7, 11) is 0. The number of esters is 2. The normalized spacial score (nSPS) is 18.9. The molecular formula is C46H44F2N4O8. The first-order chi connectivity index (χ1) is 29.0. The number of likely N-dealkylation sites (tertiary alicyclic amines) is 2. The Morgan fingerprint density at radius 2 is 1.00 bits per heavy atom. The molecule has 0 bridgehead atoms. The highest BCUT2D eigenvalue weighted by Crippen LogP contribution is 2.40. The van der Waals surface area contributed by atoms with Crippen LogP contribution in [0.2, 0.25) is 0 Å². The van der Waals surface area contributed by atoms with Crippen LogP contribution in [0.5, 0.6) is 0 Å². The molecule has 4 aromatic carbocycles. The van der Waals surface area contributed by atoms with Gasteiger partial charge in [0.05, 0.1) is 24.5 Å². The smallest absolute Gasteiger partial charge is 0.410 e. The van der Waals surface area contributed by atoms with Crippen molar-refractivity contribution in [1.82, 2.24) is 19.8 Å². The lowest BCUT2D eigenvalue weighted by molar-refractivity contribution is -0.146. The third-order valence-corrected chi connectivity index (χ3v) is 11.2. The summed E-state index contributed by atoms with van der Waals surface area (Å²) in [5.41, 5.74) is 5.22. The third-order valence-electron chi connectivity index (χ3n) is 11.2. The van der Waals surface area contributed by atoms with Crippen LogP contribution >= 0.6 is 0 Å². The fourth-order valence-corrected chi connectivity index (χ4v) is 8.60. The van der Waals surface area contributed by atoms with Gasteiger partial charge in [-0.25, -0.2) is 18.4 Å². The lowest BCUT2D eigenvalue weighted by Gasteiger charge is -2.25. The molecular weight excluding hydrogens is 775 g/mol. The number of nitrogens with zero attached hydrogens (tertiary/aromatic N) is 2. The molecule has 0 radical (unpaired) electrons. The molecule has 2 saturated heterocycles. The Morgan fingerprint density at radius 1 is 0.600 bits per heavy atom. The van der Waals surface area contributed by atoms with Crippen LogP contribution in [0.1, 0.15) is 48.9 Å². The minimum atomic E-state index is -0.588. The molecule has 2 aliphatic rings. The molecule has 2 N–H and O–H groups in total. The molecule has 0 aliphatic carbocycles. The second-order valence-electron chi connectivity index (χ2n) is 15.4. The van der Waals surface area contributed by atoms with Gasteiger partial charge in [-0.3, -0.25) is 9.59 Å². The molecule has 2 aliphatic heterocycles. The fourth-order valence-electron chi connectivity index (χ4n) is 8.60. The van der Waals surface area contributed by atoms with Crippen LogP contribution < -0.4 is 0 Å². The maximum atomic E-state index is 14.9. The molecule has 2 fully saturated rings. The Hall–Kier alpha value is -6.70. The molecule has 14 heteroatoms. The molecule has 6 aromatic rings. The summed E-state index contributed by atoms with van der Waals surface area (Å²) < 4.78 is 52.4. The largest absolute Gasteiger partial charge is 0.461 e. The number of carbonyl (C=O) groups excluding carboxylic acids is 4. The predicted octanol–water partition coefficient (Wildman–Crippen LogP) is 8.37. The topological polar surface area (TPSA) is 143 Å². The summed E-state index contributed by atoms with van der Waals surface area (Å²) in [6.45, 7) is 2.96. The lowest BCUT2D eigenvalue weighted by atomic mass is 9.95. The number of rotatable bonds is 11. The van der Waals surface area contributed by atoms with Crippen LogP contribution in [-0.4, -0.2) is 81.3 Å². The van der Waals surface area contributed by atoms with E-state index in [4.69, 9.17) is 18.9 Å². The van der Waals surface area contributed by atoms with Gasteiger partial charge in [-0.2, -0.15) is 0 Å². The molecule has 12 nitrogen and oxygen atoms in total. The van der Waals surface area contributed by atoms with Gasteiger partial charge in [-0.1, -0.05) is 60.7 Å². The fraction of sp³-hybridized carbons (Fsp3) is 0.304. The van der Waals surface area contributed by atoms with E-state index in [0.29, 0.717) is 46.0 Å². The van der Waals surface area contributed by atoms with Crippen molar-refractivity contribution >= 4 is 45.9 Å². The number of aromatic nitrogens is 2. The number of hydrogen-bond acceptors (Lipinski definition) is 8. The number of amides is 2. The number of hydrogen-bond donors (Lipinski definition) is 2. The number of aromatic amines is 2. The number of halogens is 2. The average Bonchev–Trinajstić information content (AvgIpc) is 3.99. The zero-order valence-electron chi connectivity index (χ0n) is 33.1. The average molecular weight is 819 g/mol. The molecule has 310 valence electrons. The van der Waals surface area contributed by atoms with Crippen LogP contribution in [0.25, 0.3) is 33.2 Å². The van der Waals surface area contributed by atoms with E-state index in [-0.39, 0.29) is 39.1 Å². The second-order valence-corrected chi connectivity index (χ2v) is 15.4. The van der Waals surface area contributed by atoms with E-state index in [2.05, 4.69) is 9.97 Å². The molecule has 0 spiro atoms. The van der Waals surface area contributed by atoms with E-state index in [1.54, 1.807) is 21.9 Å². The second kappa shape index (κ2) is 17.3. The van der Waals surface area contributed by atoms with Gasteiger partial charge in [-0.05, 0) is 71.5 Å². The van der Waals surface area contributed by atoms with Gasteiger partial charge in [-0.15, -0.1) is 0 Å². The Morgan fingerprint density at radius 3 is 1.38 bits per heavy atom. The highest BCUT2D eigenvalue weighted by Gasteiger charge is 2.41. The summed E-state index contributed by atoms with van der Waals surface area (Å²) in [6.07, 6.45) is -1.19. The number of ether oxygens (including phenoxy) is 4. The molecule has 60 heavy (non-hydrogen) atoms. The first-order valence-electron chi connectivity index (χ1n) is 19.9. The van der Waals surface area contributed by atoms with Crippen molar-refractivity contribution in [2.45, 2.75) is 77.0 Å². The molecule has 2 amide bonds. The van der Waals surface area contributed by atoms with Crippen molar-refractivity contribution in [2.24, 2.45) is 0 Å². The molecule has 4 atom stereocenters. The van der Waals surface area contributed by atoms with Crippen molar-refractivity contribution in [1.29, 1.82) is 0 Å². The summed E-state index contributed by atoms with van der Waals surface area (Å²) in [5.74, 6) is -1.88. The third kappa shape index (κ3) is 8.82. The Bertz CT molecular complexity index is 2370. The zero-order chi connectivity index (χ0) is 41.9. The maximum Gasteiger partial charge on any atom is 0.410 e. The van der Waals surface area contributed by atoms with E-state index in [9.17, 15) is 28.0 Å². The van der Waals surface area contributed by atoms with E-state index < -0.39 is 60.1 Å². The van der Waals surface area contributed by atoms with Crippen LogP contribution in [-0.2, 0) is 54.6 Å². The quantitative estimate of drug-likeness (QED) is 0.0981. The minimum absolute atomic E-state index is 0.0457. The first-order valence-corrected chi connectivity index (χ1v) is 19.9. The standard InChI is InChI=1S/C46H44F2N4O8/c1-27(53)59-35-19-33(51(23-35)45(55)57-25-29-9-5-3-6-10-29)21-39-37-15-13-31(47)17-41(37)49-43(39)44-40(38-16-14-32(48)18-42(38)50-44)22-34-20-36(60-28(2)54)24-52(34)46(56)58-26-30-11-7-4-8-12-30/h3-18,33-36,49-50H,19-26H2,1-2H3/t33-,34-,35-,36-/m0/s1. The van der Waals surface area contributed by atoms with E-state index in [0.717, 1.165) is 22.3 Å². The highest BCUT2D eigenvalue weighted by atomic mass is 19.1. The Labute approximate surface area is 344 Å². The van der Waals surface area contributed by atoms with E-state index in [1.165, 1.54) is 38.1 Å². The summed E-state index contributed by atoms with van der Waals surface area (Å²) >= 11 is 0. The van der Waals surface area contributed by atoms with Crippen LogP contribution in [0, 0.1) is 11.6 Å². The maximum absolute atomic E-state index is 14.9. The number of nitrogens with one attached hydrogen (secondary N) is 2. The SMILES string of the molecule is CC(=O)O[C@H]1C[C@@H](Cc2c(-c3[nH]c4cc(F)ccc4c3C[C@@H]3C[C@H](OC(C)=O)CN3C(=O)OCc3ccccc3)[nH]c3cc(F)ccc23)N(C(=O)OCc2ccccc2)C1. The van der Waals surface area contributed by atoms with Gasteiger partial charge in [0.2, 0.25) is 0 Å². The molecule has 0 saturated carbocycles. The molecule has 0 unspecified atom stereocenters. The van der Waals surface area contributed by atoms with E-state index in [1.807, 2.05) is 60.7 Å². The van der Waals surface area contributed by atoms with E-state index >= 15 is 0 Å². The Kier molecular flexibility index (Phi) is 11.5. The van der Waals surface area contributed by atoms with Crippen molar-refractivity contribution in [3.05, 3.63) is 131 Å². The van der Waals surface area contributed by atoms with Gasteiger partial charge < -0.3 is 38.7 Å². The van der Waals surface area contributed by atoms with Crippen molar-refractivity contribution < 1.29 is 46.9 Å². The van der Waals surface area contributed by atoms with Gasteiger partial charge in [0, 0.05) is 60.6 Å². The molecule has 2 aromatic heterocycles. The van der Waals surface area contributed by atoms with Crippen molar-refractivity contribution in [3.8, 4) is 11.4 Å². The highest BCUT2D eigenvalue weighted by molar-refractivity contribution is 5.96. The Balaban J connectivity index is 1.17. The van der Waals surface area contributed by atoms with Crippen LogP contribution in [0.15, 0.2) is 97.1 Å². The first kappa shape index (κ1) is 40.1. The van der Waals surface area contributed by atoms with Gasteiger partial charge in [0.15, 0.2) is 0 Å². The number of carbonyl (C=O) groups is 4.